The number of carbonyl (C=O) groups is 1. The molecule has 1 atom stereocenters. The van der Waals surface area contributed by atoms with Gasteiger partial charge in [0.2, 0.25) is 5.91 Å². The summed E-state index contributed by atoms with van der Waals surface area (Å²) in [6, 6.07) is 13.7. The minimum absolute atomic E-state index is 0.107. The summed E-state index contributed by atoms with van der Waals surface area (Å²) in [5.41, 5.74) is 6.09. The van der Waals surface area contributed by atoms with Crippen LogP contribution in [0.5, 0.6) is 0 Å². The molecule has 0 radical (unpaired) electrons. The molecule has 5 heteroatoms. The normalized spacial score (nSPS) is 11.9. The van der Waals surface area contributed by atoms with Gasteiger partial charge in [0.15, 0.2) is 0 Å². The van der Waals surface area contributed by atoms with Crippen molar-refractivity contribution in [2.75, 3.05) is 11.1 Å². The van der Waals surface area contributed by atoms with Crippen molar-refractivity contribution in [3.05, 3.63) is 54.3 Å². The highest BCUT2D eigenvalue weighted by molar-refractivity contribution is 8.00. The van der Waals surface area contributed by atoms with Crippen LogP contribution in [0.4, 0.5) is 15.8 Å². The van der Waals surface area contributed by atoms with E-state index in [0.29, 0.717) is 5.69 Å². The first-order chi connectivity index (χ1) is 9.56. The summed E-state index contributed by atoms with van der Waals surface area (Å²) >= 11 is 1.42. The molecule has 0 saturated heterocycles. The summed E-state index contributed by atoms with van der Waals surface area (Å²) < 4.78 is 13.5. The highest BCUT2D eigenvalue weighted by Gasteiger charge is 2.16. The topological polar surface area (TPSA) is 55.1 Å². The van der Waals surface area contributed by atoms with Crippen molar-refractivity contribution in [2.24, 2.45) is 0 Å². The Hall–Kier alpha value is -2.01. The molecule has 20 heavy (non-hydrogen) atoms. The Morgan fingerprint density at radius 1 is 1.25 bits per heavy atom. The number of rotatable bonds is 4. The van der Waals surface area contributed by atoms with E-state index in [9.17, 15) is 9.18 Å². The van der Waals surface area contributed by atoms with Gasteiger partial charge in [-0.2, -0.15) is 0 Å². The van der Waals surface area contributed by atoms with E-state index >= 15 is 0 Å². The zero-order chi connectivity index (χ0) is 14.5. The molecule has 2 aromatic rings. The van der Waals surface area contributed by atoms with Crippen LogP contribution in [0.25, 0.3) is 0 Å². The second-order valence-corrected chi connectivity index (χ2v) is 5.72. The third kappa shape index (κ3) is 3.74. The lowest BCUT2D eigenvalue weighted by atomic mass is 10.2. The standard InChI is InChI=1S/C15H15FN2OS/c1-10(20-12-5-3-2-4-6-12)15(19)18-14-9-11(17)7-8-13(14)16/h2-10H,17H2,1H3,(H,18,19). The molecular formula is C15H15FN2OS. The molecule has 0 fully saturated rings. The summed E-state index contributed by atoms with van der Waals surface area (Å²) in [4.78, 5) is 13.0. The Morgan fingerprint density at radius 2 is 1.95 bits per heavy atom. The first-order valence-electron chi connectivity index (χ1n) is 6.14. The van der Waals surface area contributed by atoms with Crippen LogP contribution < -0.4 is 11.1 Å². The number of thioether (sulfide) groups is 1. The van der Waals surface area contributed by atoms with Gasteiger partial charge in [0, 0.05) is 10.6 Å². The van der Waals surface area contributed by atoms with E-state index in [2.05, 4.69) is 5.32 Å². The Kier molecular flexibility index (Phi) is 4.63. The van der Waals surface area contributed by atoms with Crippen molar-refractivity contribution < 1.29 is 9.18 Å². The molecule has 1 amide bonds. The second kappa shape index (κ2) is 6.43. The van der Waals surface area contributed by atoms with Crippen molar-refractivity contribution >= 4 is 29.0 Å². The maximum atomic E-state index is 13.5. The average Bonchev–Trinajstić information content (AvgIpc) is 2.44. The predicted octanol–water partition coefficient (Wildman–Crippen LogP) is 3.53. The van der Waals surface area contributed by atoms with E-state index < -0.39 is 5.82 Å². The lowest BCUT2D eigenvalue weighted by Crippen LogP contribution is -2.23. The summed E-state index contributed by atoms with van der Waals surface area (Å²) in [7, 11) is 0. The summed E-state index contributed by atoms with van der Waals surface area (Å²) in [6.45, 7) is 1.78. The minimum atomic E-state index is -0.496. The molecule has 3 N–H and O–H groups in total. The summed E-state index contributed by atoms with van der Waals surface area (Å²) in [5, 5.41) is 2.22. The molecule has 0 aliphatic heterocycles. The Balaban J connectivity index is 2.02. The third-order valence-corrected chi connectivity index (χ3v) is 3.79. The smallest absolute Gasteiger partial charge is 0.237 e. The molecule has 0 heterocycles. The van der Waals surface area contributed by atoms with E-state index in [-0.39, 0.29) is 16.8 Å². The van der Waals surface area contributed by atoms with Gasteiger partial charge in [0.05, 0.1) is 10.9 Å². The number of hydrogen-bond donors (Lipinski definition) is 2. The number of benzene rings is 2. The minimum Gasteiger partial charge on any atom is -0.399 e. The van der Waals surface area contributed by atoms with Crippen molar-refractivity contribution in [3.8, 4) is 0 Å². The summed E-state index contributed by atoms with van der Waals surface area (Å²) in [5.74, 6) is -0.757. The highest BCUT2D eigenvalue weighted by atomic mass is 32.2. The van der Waals surface area contributed by atoms with Crippen molar-refractivity contribution in [3.63, 3.8) is 0 Å². The fourth-order valence-electron chi connectivity index (χ4n) is 1.63. The van der Waals surface area contributed by atoms with Gasteiger partial charge in [-0.3, -0.25) is 4.79 Å². The number of anilines is 2. The van der Waals surface area contributed by atoms with Gasteiger partial charge in [-0.1, -0.05) is 18.2 Å². The van der Waals surface area contributed by atoms with Crippen molar-refractivity contribution in [2.45, 2.75) is 17.1 Å². The van der Waals surface area contributed by atoms with Gasteiger partial charge in [-0.15, -0.1) is 11.8 Å². The molecule has 2 rings (SSSR count). The largest absolute Gasteiger partial charge is 0.399 e. The molecule has 104 valence electrons. The zero-order valence-corrected chi connectivity index (χ0v) is 11.8. The Labute approximate surface area is 121 Å². The van der Waals surface area contributed by atoms with Crippen LogP contribution in [-0.2, 0) is 4.79 Å². The number of hydrogen-bond acceptors (Lipinski definition) is 3. The van der Waals surface area contributed by atoms with Crippen LogP contribution >= 0.6 is 11.8 Å². The number of halogens is 1. The van der Waals surface area contributed by atoms with Crippen LogP contribution in [0, 0.1) is 5.82 Å². The van der Waals surface area contributed by atoms with Crippen LogP contribution in [0.15, 0.2) is 53.4 Å². The SMILES string of the molecule is CC(Sc1ccccc1)C(=O)Nc1cc(N)ccc1F. The highest BCUT2D eigenvalue weighted by Crippen LogP contribution is 2.24. The lowest BCUT2D eigenvalue weighted by molar-refractivity contribution is -0.115. The number of nitrogens with one attached hydrogen (secondary N) is 1. The van der Waals surface area contributed by atoms with Gasteiger partial charge in [-0.25, -0.2) is 4.39 Å². The van der Waals surface area contributed by atoms with Gasteiger partial charge >= 0.3 is 0 Å². The molecule has 0 spiro atoms. The van der Waals surface area contributed by atoms with Gasteiger partial charge in [0.25, 0.3) is 0 Å². The molecule has 0 saturated carbocycles. The maximum absolute atomic E-state index is 13.5. The van der Waals surface area contributed by atoms with Crippen LogP contribution in [0.2, 0.25) is 0 Å². The van der Waals surface area contributed by atoms with Crippen LogP contribution in [-0.4, -0.2) is 11.2 Å². The van der Waals surface area contributed by atoms with Gasteiger partial charge in [-0.05, 0) is 37.3 Å². The first-order valence-corrected chi connectivity index (χ1v) is 7.02. The van der Waals surface area contributed by atoms with Crippen LogP contribution in [0.3, 0.4) is 0 Å². The van der Waals surface area contributed by atoms with E-state index in [1.165, 1.54) is 30.0 Å². The quantitative estimate of drug-likeness (QED) is 0.669. The van der Waals surface area contributed by atoms with E-state index in [0.717, 1.165) is 4.90 Å². The Morgan fingerprint density at radius 3 is 2.65 bits per heavy atom. The Bertz CT molecular complexity index is 604. The number of nitrogens with two attached hydrogens (primary N) is 1. The number of carbonyl (C=O) groups excluding carboxylic acids is 1. The van der Waals surface area contributed by atoms with Crippen molar-refractivity contribution in [1.82, 2.24) is 0 Å². The molecular weight excluding hydrogens is 275 g/mol. The predicted molar refractivity (Wildman–Crippen MR) is 81.2 cm³/mol. The van der Waals surface area contributed by atoms with E-state index in [1.807, 2.05) is 30.3 Å². The molecule has 2 aromatic carbocycles. The van der Waals surface area contributed by atoms with E-state index in [4.69, 9.17) is 5.73 Å². The first kappa shape index (κ1) is 14.4. The average molecular weight is 290 g/mol. The summed E-state index contributed by atoms with van der Waals surface area (Å²) in [6.07, 6.45) is 0. The number of amides is 1. The molecule has 0 aliphatic carbocycles. The zero-order valence-electron chi connectivity index (χ0n) is 11.0. The number of nitrogen functional groups attached to an aromatic ring is 1. The lowest BCUT2D eigenvalue weighted by Gasteiger charge is -2.12. The van der Waals surface area contributed by atoms with Crippen LogP contribution in [0.1, 0.15) is 6.92 Å². The molecule has 0 aromatic heterocycles. The molecule has 1 unspecified atom stereocenters. The molecule has 3 nitrogen and oxygen atoms in total. The van der Waals surface area contributed by atoms with E-state index in [1.54, 1.807) is 6.92 Å². The third-order valence-electron chi connectivity index (χ3n) is 2.67. The second-order valence-electron chi connectivity index (χ2n) is 4.30. The van der Waals surface area contributed by atoms with Gasteiger partial charge < -0.3 is 11.1 Å². The molecule has 0 bridgehead atoms. The molecule has 0 aliphatic rings. The van der Waals surface area contributed by atoms with Gasteiger partial charge in [0.1, 0.15) is 5.82 Å². The fourth-order valence-corrected chi connectivity index (χ4v) is 2.52. The monoisotopic (exact) mass is 290 g/mol. The maximum Gasteiger partial charge on any atom is 0.237 e. The van der Waals surface area contributed by atoms with Crippen molar-refractivity contribution in [1.29, 1.82) is 0 Å². The fraction of sp³-hybridized carbons (Fsp3) is 0.133.